The summed E-state index contributed by atoms with van der Waals surface area (Å²) < 4.78 is 0. The largest absolute Gasteiger partial charge is 0.325 e. The molecule has 2 atom stereocenters. The van der Waals surface area contributed by atoms with Gasteiger partial charge >= 0.3 is 0 Å². The van der Waals surface area contributed by atoms with Crippen LogP contribution in [0.3, 0.4) is 0 Å². The molecule has 0 spiro atoms. The van der Waals surface area contributed by atoms with E-state index in [1.54, 1.807) is 24.3 Å². The fourth-order valence-corrected chi connectivity index (χ4v) is 3.93. The predicted octanol–water partition coefficient (Wildman–Crippen LogP) is 3.06. The van der Waals surface area contributed by atoms with Crippen LogP contribution in [0.2, 0.25) is 0 Å². The highest BCUT2D eigenvalue weighted by Gasteiger charge is 2.38. The van der Waals surface area contributed by atoms with E-state index in [2.05, 4.69) is 16.7 Å². The van der Waals surface area contributed by atoms with Crippen LogP contribution in [-0.2, 0) is 4.79 Å². The minimum Gasteiger partial charge on any atom is -0.325 e. The number of carbonyl (C=O) groups is 1. The molecule has 3 rings (SSSR count). The second kappa shape index (κ2) is 6.93. The van der Waals surface area contributed by atoms with E-state index in [-0.39, 0.29) is 11.9 Å². The molecule has 1 aliphatic heterocycles. The lowest BCUT2D eigenvalue weighted by molar-refractivity contribution is -0.119. The van der Waals surface area contributed by atoms with Crippen molar-refractivity contribution in [2.45, 2.75) is 44.6 Å². The molecule has 0 radical (unpaired) electrons. The molecule has 1 aromatic rings. The van der Waals surface area contributed by atoms with Gasteiger partial charge in [0, 0.05) is 5.69 Å². The van der Waals surface area contributed by atoms with Crippen molar-refractivity contribution in [1.82, 2.24) is 5.32 Å². The van der Waals surface area contributed by atoms with Gasteiger partial charge in [-0.25, -0.2) is 0 Å². The van der Waals surface area contributed by atoms with Crippen LogP contribution < -0.4 is 10.6 Å². The third kappa shape index (κ3) is 3.31. The molecule has 116 valence electrons. The van der Waals surface area contributed by atoms with Crippen molar-refractivity contribution < 1.29 is 4.79 Å². The zero-order valence-electron chi connectivity index (χ0n) is 12.8. The lowest BCUT2D eigenvalue weighted by atomic mass is 9.76. The van der Waals surface area contributed by atoms with Crippen molar-refractivity contribution in [3.63, 3.8) is 0 Å². The first-order valence-electron chi connectivity index (χ1n) is 8.32. The van der Waals surface area contributed by atoms with Crippen LogP contribution in [0.5, 0.6) is 0 Å². The molecule has 1 saturated carbocycles. The fourth-order valence-electron chi connectivity index (χ4n) is 3.93. The van der Waals surface area contributed by atoms with E-state index < -0.39 is 0 Å². The zero-order chi connectivity index (χ0) is 15.4. The number of benzene rings is 1. The third-order valence-corrected chi connectivity index (χ3v) is 5.09. The van der Waals surface area contributed by atoms with E-state index in [0.717, 1.165) is 18.7 Å². The SMILES string of the molecule is N#Cc1ccc(NC(=O)C2NCCC2C2CCCCC2)cc1. The molecule has 2 unspecified atom stereocenters. The van der Waals surface area contributed by atoms with Crippen molar-refractivity contribution in [3.8, 4) is 6.07 Å². The number of carbonyl (C=O) groups excluding carboxylic acids is 1. The maximum Gasteiger partial charge on any atom is 0.241 e. The lowest BCUT2D eigenvalue weighted by Crippen LogP contribution is -2.42. The van der Waals surface area contributed by atoms with Gasteiger partial charge in [0.15, 0.2) is 0 Å². The number of nitriles is 1. The van der Waals surface area contributed by atoms with Gasteiger partial charge in [0.2, 0.25) is 5.91 Å². The highest BCUT2D eigenvalue weighted by molar-refractivity contribution is 5.95. The number of nitrogens with zero attached hydrogens (tertiary/aromatic N) is 1. The van der Waals surface area contributed by atoms with Gasteiger partial charge < -0.3 is 10.6 Å². The number of hydrogen-bond acceptors (Lipinski definition) is 3. The summed E-state index contributed by atoms with van der Waals surface area (Å²) in [5, 5.41) is 15.2. The van der Waals surface area contributed by atoms with E-state index in [1.807, 2.05) is 0 Å². The maximum absolute atomic E-state index is 12.6. The van der Waals surface area contributed by atoms with Gasteiger partial charge in [-0.1, -0.05) is 32.1 Å². The molecular formula is C18H23N3O. The molecular weight excluding hydrogens is 274 g/mol. The minimum absolute atomic E-state index is 0.0674. The molecule has 22 heavy (non-hydrogen) atoms. The van der Waals surface area contributed by atoms with Crippen LogP contribution >= 0.6 is 0 Å². The van der Waals surface area contributed by atoms with Gasteiger partial charge in [-0.3, -0.25) is 4.79 Å². The molecule has 1 aliphatic carbocycles. The lowest BCUT2D eigenvalue weighted by Gasteiger charge is -2.30. The summed E-state index contributed by atoms with van der Waals surface area (Å²) in [4.78, 5) is 12.6. The van der Waals surface area contributed by atoms with Crippen molar-refractivity contribution in [1.29, 1.82) is 5.26 Å². The fraction of sp³-hybridized carbons (Fsp3) is 0.556. The van der Waals surface area contributed by atoms with Crippen LogP contribution in [0.4, 0.5) is 5.69 Å². The van der Waals surface area contributed by atoms with Crippen molar-refractivity contribution in [3.05, 3.63) is 29.8 Å². The first-order valence-corrected chi connectivity index (χ1v) is 8.32. The molecule has 1 aromatic carbocycles. The Morgan fingerprint density at radius 3 is 2.55 bits per heavy atom. The Morgan fingerprint density at radius 1 is 1.14 bits per heavy atom. The van der Waals surface area contributed by atoms with Crippen LogP contribution in [-0.4, -0.2) is 18.5 Å². The Balaban J connectivity index is 1.63. The molecule has 2 fully saturated rings. The molecule has 4 nitrogen and oxygen atoms in total. The maximum atomic E-state index is 12.6. The number of nitrogens with one attached hydrogen (secondary N) is 2. The Labute approximate surface area is 131 Å². The van der Waals surface area contributed by atoms with E-state index in [9.17, 15) is 4.79 Å². The van der Waals surface area contributed by atoms with E-state index in [1.165, 1.54) is 32.1 Å². The minimum atomic E-state index is -0.0706. The first kappa shape index (κ1) is 15.1. The monoisotopic (exact) mass is 297 g/mol. The summed E-state index contributed by atoms with van der Waals surface area (Å²) in [6.07, 6.45) is 7.62. The number of anilines is 1. The Kier molecular flexibility index (Phi) is 4.74. The third-order valence-electron chi connectivity index (χ3n) is 5.09. The molecule has 4 heteroatoms. The summed E-state index contributed by atoms with van der Waals surface area (Å²) in [7, 11) is 0. The molecule has 0 bridgehead atoms. The molecule has 1 heterocycles. The summed E-state index contributed by atoms with van der Waals surface area (Å²) in [6, 6.07) is 9.07. The zero-order valence-corrected chi connectivity index (χ0v) is 12.8. The quantitative estimate of drug-likeness (QED) is 0.901. The summed E-state index contributed by atoms with van der Waals surface area (Å²) in [5.74, 6) is 1.23. The predicted molar refractivity (Wildman–Crippen MR) is 86.3 cm³/mol. The highest BCUT2D eigenvalue weighted by Crippen LogP contribution is 2.36. The Bertz CT molecular complexity index is 555. The van der Waals surface area contributed by atoms with Gasteiger partial charge in [0.1, 0.15) is 0 Å². The average Bonchev–Trinajstić information content (AvgIpc) is 3.06. The van der Waals surface area contributed by atoms with Crippen molar-refractivity contribution in [2.24, 2.45) is 11.8 Å². The van der Waals surface area contributed by atoms with Gasteiger partial charge in [-0.2, -0.15) is 5.26 Å². The van der Waals surface area contributed by atoms with Crippen LogP contribution in [0.25, 0.3) is 0 Å². The topological polar surface area (TPSA) is 64.9 Å². The summed E-state index contributed by atoms with van der Waals surface area (Å²) in [5.41, 5.74) is 1.37. The second-order valence-corrected chi connectivity index (χ2v) is 6.46. The number of amides is 1. The van der Waals surface area contributed by atoms with Crippen molar-refractivity contribution >= 4 is 11.6 Å². The standard InChI is InChI=1S/C18H23N3O/c19-12-13-6-8-15(9-7-13)21-18(22)17-16(10-11-20-17)14-4-2-1-3-5-14/h6-9,14,16-17,20H,1-5,10-11H2,(H,21,22). The van der Waals surface area contributed by atoms with Crippen molar-refractivity contribution in [2.75, 3.05) is 11.9 Å². The van der Waals surface area contributed by atoms with Crippen LogP contribution in [0, 0.1) is 23.2 Å². The first-order chi connectivity index (χ1) is 10.8. The molecule has 1 saturated heterocycles. The molecule has 1 amide bonds. The average molecular weight is 297 g/mol. The molecule has 2 aliphatic rings. The van der Waals surface area contributed by atoms with Gasteiger partial charge in [-0.05, 0) is 49.1 Å². The van der Waals surface area contributed by atoms with Gasteiger partial charge in [0.05, 0.1) is 17.7 Å². The number of hydrogen-bond donors (Lipinski definition) is 2. The Morgan fingerprint density at radius 2 is 1.86 bits per heavy atom. The molecule has 0 aromatic heterocycles. The summed E-state index contributed by atoms with van der Waals surface area (Å²) in [6.45, 7) is 0.937. The summed E-state index contributed by atoms with van der Waals surface area (Å²) >= 11 is 0. The van der Waals surface area contributed by atoms with Gasteiger partial charge in [0.25, 0.3) is 0 Å². The van der Waals surface area contributed by atoms with Crippen LogP contribution in [0.1, 0.15) is 44.1 Å². The van der Waals surface area contributed by atoms with E-state index >= 15 is 0 Å². The number of rotatable bonds is 3. The molecule has 2 N–H and O–H groups in total. The highest BCUT2D eigenvalue weighted by atomic mass is 16.2. The smallest absolute Gasteiger partial charge is 0.241 e. The van der Waals surface area contributed by atoms with Gasteiger partial charge in [-0.15, -0.1) is 0 Å². The van der Waals surface area contributed by atoms with E-state index in [0.29, 0.717) is 17.4 Å². The van der Waals surface area contributed by atoms with Crippen LogP contribution in [0.15, 0.2) is 24.3 Å². The Hall–Kier alpha value is -1.86. The second-order valence-electron chi connectivity index (χ2n) is 6.46. The normalized spacial score (nSPS) is 25.6. The van der Waals surface area contributed by atoms with E-state index in [4.69, 9.17) is 5.26 Å².